The van der Waals surface area contributed by atoms with E-state index in [9.17, 15) is 0 Å². The highest BCUT2D eigenvalue weighted by Crippen LogP contribution is 2.21. The number of hydrogen-bond donors (Lipinski definition) is 1. The summed E-state index contributed by atoms with van der Waals surface area (Å²) in [5.74, 6) is 0.923. The highest BCUT2D eigenvalue weighted by molar-refractivity contribution is 7.98. The van der Waals surface area contributed by atoms with Crippen LogP contribution in [0.1, 0.15) is 11.3 Å². The van der Waals surface area contributed by atoms with E-state index in [1.807, 2.05) is 24.3 Å². The summed E-state index contributed by atoms with van der Waals surface area (Å²) >= 11 is 1.70. The zero-order chi connectivity index (χ0) is 10.5. The molecule has 0 bridgehead atoms. The van der Waals surface area contributed by atoms with E-state index in [1.165, 1.54) is 5.56 Å². The van der Waals surface area contributed by atoms with E-state index in [1.54, 1.807) is 17.8 Å². The van der Waals surface area contributed by atoms with Gasteiger partial charge in [0.1, 0.15) is 11.8 Å². The molecule has 1 aromatic carbocycles. The molecule has 0 fully saturated rings. The number of benzene rings is 1. The number of nitrogens with zero attached hydrogens (tertiary/aromatic N) is 1. The Kier molecular flexibility index (Phi) is 3.11. The number of nitrogens with one attached hydrogen (secondary N) is 1. The molecule has 74 valence electrons. The van der Waals surface area contributed by atoms with Gasteiger partial charge in [0.25, 0.3) is 0 Å². The van der Waals surface area contributed by atoms with Crippen molar-refractivity contribution in [1.82, 2.24) is 4.98 Å². The maximum atomic E-state index is 8.65. The van der Waals surface area contributed by atoms with Crippen molar-refractivity contribution in [3.8, 4) is 6.07 Å². The van der Waals surface area contributed by atoms with Gasteiger partial charge in [-0.25, -0.2) is 0 Å². The third-order valence-corrected chi connectivity index (χ3v) is 3.04. The molecule has 2 rings (SSSR count). The molecular formula is C12H10N2S. The minimum absolute atomic E-state index is 0.616. The van der Waals surface area contributed by atoms with E-state index in [-0.39, 0.29) is 0 Å². The fourth-order valence-corrected chi connectivity index (χ4v) is 2.12. The third kappa shape index (κ3) is 2.64. The lowest BCUT2D eigenvalue weighted by atomic mass is 10.2. The molecule has 0 atom stereocenters. The normalized spacial score (nSPS) is 9.80. The van der Waals surface area contributed by atoms with Gasteiger partial charge >= 0.3 is 0 Å². The number of nitriles is 1. The Morgan fingerprint density at radius 1 is 1.13 bits per heavy atom. The minimum atomic E-state index is 0.616. The van der Waals surface area contributed by atoms with E-state index in [0.29, 0.717) is 5.69 Å². The van der Waals surface area contributed by atoms with Crippen molar-refractivity contribution in [3.63, 3.8) is 0 Å². The van der Waals surface area contributed by atoms with Crippen molar-refractivity contribution in [2.75, 3.05) is 0 Å². The van der Waals surface area contributed by atoms with Gasteiger partial charge in [-0.3, -0.25) is 0 Å². The molecule has 1 aromatic heterocycles. The average molecular weight is 214 g/mol. The smallest absolute Gasteiger partial charge is 0.118 e. The van der Waals surface area contributed by atoms with Crippen molar-refractivity contribution in [2.45, 2.75) is 10.8 Å². The Bertz CT molecular complexity index is 468. The van der Waals surface area contributed by atoms with Gasteiger partial charge in [0.2, 0.25) is 0 Å². The summed E-state index contributed by atoms with van der Waals surface area (Å²) in [6.07, 6.45) is 0. The van der Waals surface area contributed by atoms with Crippen LogP contribution in [0.4, 0.5) is 0 Å². The molecule has 0 unspecified atom stereocenters. The van der Waals surface area contributed by atoms with Gasteiger partial charge < -0.3 is 4.98 Å². The Labute approximate surface area is 92.9 Å². The van der Waals surface area contributed by atoms with Crippen molar-refractivity contribution < 1.29 is 0 Å². The summed E-state index contributed by atoms with van der Waals surface area (Å²) in [5.41, 5.74) is 1.90. The monoisotopic (exact) mass is 214 g/mol. The number of aromatic nitrogens is 1. The minimum Gasteiger partial charge on any atom is -0.342 e. The van der Waals surface area contributed by atoms with Crippen molar-refractivity contribution in [2.24, 2.45) is 0 Å². The molecule has 0 spiro atoms. The molecule has 2 nitrogen and oxygen atoms in total. The van der Waals surface area contributed by atoms with Gasteiger partial charge in [-0.05, 0) is 17.7 Å². The van der Waals surface area contributed by atoms with Crippen LogP contribution < -0.4 is 0 Å². The number of hydrogen-bond acceptors (Lipinski definition) is 2. The Hall–Kier alpha value is -1.66. The summed E-state index contributed by atoms with van der Waals surface area (Å²) in [4.78, 5) is 3.03. The second-order valence-corrected chi connectivity index (χ2v) is 4.14. The largest absolute Gasteiger partial charge is 0.342 e. The van der Waals surface area contributed by atoms with Crippen LogP contribution in [0.3, 0.4) is 0 Å². The Balaban J connectivity index is 1.97. The highest BCUT2D eigenvalue weighted by Gasteiger charge is 1.98. The van der Waals surface area contributed by atoms with E-state index in [4.69, 9.17) is 5.26 Å². The lowest BCUT2D eigenvalue weighted by molar-refractivity contribution is 1.17. The predicted octanol–water partition coefficient (Wildman–Crippen LogP) is 3.18. The molecule has 0 amide bonds. The molecule has 0 saturated heterocycles. The van der Waals surface area contributed by atoms with Crippen molar-refractivity contribution in [3.05, 3.63) is 53.7 Å². The third-order valence-electron chi connectivity index (χ3n) is 2.02. The first-order valence-corrected chi connectivity index (χ1v) is 5.63. The van der Waals surface area contributed by atoms with Gasteiger partial charge in [0, 0.05) is 5.75 Å². The first-order chi connectivity index (χ1) is 7.38. The maximum absolute atomic E-state index is 8.65. The van der Waals surface area contributed by atoms with Crippen LogP contribution >= 0.6 is 11.8 Å². The molecule has 1 heterocycles. The van der Waals surface area contributed by atoms with E-state index in [0.717, 1.165) is 10.8 Å². The lowest BCUT2D eigenvalue weighted by Gasteiger charge is -1.98. The van der Waals surface area contributed by atoms with Gasteiger partial charge in [0.05, 0.1) is 5.03 Å². The molecule has 0 aliphatic carbocycles. The summed E-state index contributed by atoms with van der Waals surface area (Å²) in [7, 11) is 0. The SMILES string of the molecule is N#Cc1ccc(SCc2ccccc2)[nH]1. The van der Waals surface area contributed by atoms with Crippen LogP contribution in [0.25, 0.3) is 0 Å². The number of aromatic amines is 1. The van der Waals surface area contributed by atoms with Crippen LogP contribution in [0.5, 0.6) is 0 Å². The molecule has 0 aliphatic heterocycles. The van der Waals surface area contributed by atoms with Crippen LogP contribution in [-0.4, -0.2) is 4.98 Å². The van der Waals surface area contributed by atoms with Crippen molar-refractivity contribution >= 4 is 11.8 Å². The molecule has 2 aromatic rings. The van der Waals surface area contributed by atoms with E-state index >= 15 is 0 Å². The predicted molar refractivity (Wildman–Crippen MR) is 61.5 cm³/mol. The van der Waals surface area contributed by atoms with Crippen molar-refractivity contribution in [1.29, 1.82) is 5.26 Å². The fourth-order valence-electron chi connectivity index (χ4n) is 1.26. The first kappa shape index (κ1) is 9.88. The van der Waals surface area contributed by atoms with Crippen LogP contribution in [0, 0.1) is 11.3 Å². The molecule has 0 saturated carbocycles. The second kappa shape index (κ2) is 4.72. The van der Waals surface area contributed by atoms with Gasteiger partial charge in [-0.15, -0.1) is 11.8 Å². The zero-order valence-corrected chi connectivity index (χ0v) is 8.92. The number of H-pyrrole nitrogens is 1. The summed E-state index contributed by atoms with van der Waals surface area (Å²) in [6, 6.07) is 16.1. The second-order valence-electron chi connectivity index (χ2n) is 3.12. The molecule has 3 heteroatoms. The molecule has 15 heavy (non-hydrogen) atoms. The quantitative estimate of drug-likeness (QED) is 0.797. The molecule has 0 aliphatic rings. The van der Waals surface area contributed by atoms with Crippen LogP contribution in [0.15, 0.2) is 47.5 Å². The number of rotatable bonds is 3. The summed E-state index contributed by atoms with van der Waals surface area (Å²) < 4.78 is 0. The summed E-state index contributed by atoms with van der Waals surface area (Å²) in [5, 5.41) is 9.68. The van der Waals surface area contributed by atoms with Crippen LogP contribution in [0.2, 0.25) is 0 Å². The maximum Gasteiger partial charge on any atom is 0.118 e. The molecular weight excluding hydrogens is 204 g/mol. The van der Waals surface area contributed by atoms with Gasteiger partial charge in [0.15, 0.2) is 0 Å². The molecule has 1 N–H and O–H groups in total. The topological polar surface area (TPSA) is 39.6 Å². The molecule has 0 radical (unpaired) electrons. The van der Waals surface area contributed by atoms with Gasteiger partial charge in [-0.1, -0.05) is 30.3 Å². The lowest BCUT2D eigenvalue weighted by Crippen LogP contribution is -1.79. The van der Waals surface area contributed by atoms with E-state index < -0.39 is 0 Å². The van der Waals surface area contributed by atoms with Gasteiger partial charge in [-0.2, -0.15) is 5.26 Å². The van der Waals surface area contributed by atoms with E-state index in [2.05, 4.69) is 23.2 Å². The fraction of sp³-hybridized carbons (Fsp3) is 0.0833. The number of thioether (sulfide) groups is 1. The standard InChI is InChI=1S/C12H10N2S/c13-8-11-6-7-12(14-11)15-9-10-4-2-1-3-5-10/h1-7,14H,9H2. The van der Waals surface area contributed by atoms with Crippen LogP contribution in [-0.2, 0) is 5.75 Å². The Morgan fingerprint density at radius 2 is 1.93 bits per heavy atom. The zero-order valence-electron chi connectivity index (χ0n) is 8.10. The highest BCUT2D eigenvalue weighted by atomic mass is 32.2. The Morgan fingerprint density at radius 3 is 2.60 bits per heavy atom. The first-order valence-electron chi connectivity index (χ1n) is 4.64. The summed E-state index contributed by atoms with van der Waals surface area (Å²) in [6.45, 7) is 0. The average Bonchev–Trinajstić information content (AvgIpc) is 2.76.